The summed E-state index contributed by atoms with van der Waals surface area (Å²) in [6.07, 6.45) is 1.75. The van der Waals surface area contributed by atoms with Crippen LogP contribution in [0.15, 0.2) is 34.9 Å². The van der Waals surface area contributed by atoms with E-state index in [-0.39, 0.29) is 11.5 Å². The Morgan fingerprint density at radius 3 is 2.70 bits per heavy atom. The Morgan fingerprint density at radius 1 is 1.25 bits per heavy atom. The molecule has 1 aromatic carbocycles. The van der Waals surface area contributed by atoms with Crippen molar-refractivity contribution in [2.75, 3.05) is 13.7 Å². The lowest BCUT2D eigenvalue weighted by atomic mass is 9.85. The molecule has 20 heavy (non-hydrogen) atoms. The van der Waals surface area contributed by atoms with Crippen LogP contribution >= 0.6 is 0 Å². The zero-order valence-electron chi connectivity index (χ0n) is 12.5. The highest BCUT2D eigenvalue weighted by atomic mass is 16.5. The minimum absolute atomic E-state index is 0.0784. The van der Waals surface area contributed by atoms with Gasteiger partial charge in [0.15, 0.2) is 0 Å². The lowest BCUT2D eigenvalue weighted by molar-refractivity contribution is 0.291. The molecule has 1 aliphatic rings. The highest BCUT2D eigenvalue weighted by Crippen LogP contribution is 2.40. The van der Waals surface area contributed by atoms with E-state index in [4.69, 9.17) is 9.15 Å². The number of furan rings is 1. The molecule has 0 saturated carbocycles. The average Bonchev–Trinajstić information content (AvgIpc) is 2.96. The van der Waals surface area contributed by atoms with Gasteiger partial charge in [-0.25, -0.2) is 0 Å². The van der Waals surface area contributed by atoms with Gasteiger partial charge in [-0.2, -0.15) is 0 Å². The number of aryl methyl sites for hydroxylation is 1. The number of fused-ring (bicyclic) bond motifs is 1. The standard InChI is InChI=1S/C17H21NO2/c1-11-13(7-8-19-11)16(18-4)12-5-6-15-14(9-12)17(2,3)10-20-15/h5-9,16,18H,10H2,1-4H3. The summed E-state index contributed by atoms with van der Waals surface area (Å²) in [6, 6.07) is 8.66. The molecule has 0 amide bonds. The van der Waals surface area contributed by atoms with Crippen molar-refractivity contribution in [1.29, 1.82) is 0 Å². The first kappa shape index (κ1) is 13.3. The second kappa shape index (κ2) is 4.67. The van der Waals surface area contributed by atoms with Gasteiger partial charge in [-0.15, -0.1) is 0 Å². The summed E-state index contributed by atoms with van der Waals surface area (Å²) in [5.41, 5.74) is 3.80. The zero-order valence-corrected chi connectivity index (χ0v) is 12.5. The van der Waals surface area contributed by atoms with Crippen molar-refractivity contribution < 1.29 is 9.15 Å². The van der Waals surface area contributed by atoms with Crippen LogP contribution in [0.4, 0.5) is 0 Å². The number of hydrogen-bond acceptors (Lipinski definition) is 3. The smallest absolute Gasteiger partial charge is 0.123 e. The summed E-state index contributed by atoms with van der Waals surface area (Å²) in [4.78, 5) is 0. The molecule has 1 atom stereocenters. The molecule has 0 fully saturated rings. The largest absolute Gasteiger partial charge is 0.492 e. The first-order chi connectivity index (χ1) is 9.53. The Bertz CT molecular complexity index is 628. The number of hydrogen-bond donors (Lipinski definition) is 1. The van der Waals surface area contributed by atoms with Crippen LogP contribution in [0.5, 0.6) is 5.75 Å². The van der Waals surface area contributed by atoms with E-state index in [0.717, 1.165) is 18.1 Å². The maximum absolute atomic E-state index is 5.76. The Kier molecular flexibility index (Phi) is 3.09. The third-order valence-electron chi connectivity index (χ3n) is 4.15. The highest BCUT2D eigenvalue weighted by molar-refractivity contribution is 5.47. The normalized spacial score (nSPS) is 17.6. The van der Waals surface area contributed by atoms with E-state index in [9.17, 15) is 0 Å². The summed E-state index contributed by atoms with van der Waals surface area (Å²) in [5.74, 6) is 1.97. The second-order valence-electron chi connectivity index (χ2n) is 6.08. The molecule has 0 aliphatic carbocycles. The van der Waals surface area contributed by atoms with Gasteiger partial charge >= 0.3 is 0 Å². The van der Waals surface area contributed by atoms with Crippen molar-refractivity contribution >= 4 is 0 Å². The Labute approximate surface area is 119 Å². The number of benzene rings is 1. The minimum atomic E-state index is 0.0784. The lowest BCUT2D eigenvalue weighted by Gasteiger charge is -2.20. The Balaban J connectivity index is 2.04. The van der Waals surface area contributed by atoms with E-state index in [1.54, 1.807) is 6.26 Å². The molecule has 2 aromatic rings. The second-order valence-corrected chi connectivity index (χ2v) is 6.08. The molecule has 2 heterocycles. The first-order valence-electron chi connectivity index (χ1n) is 7.01. The van der Waals surface area contributed by atoms with Crippen molar-refractivity contribution in [2.24, 2.45) is 0 Å². The van der Waals surface area contributed by atoms with Crippen LogP contribution in [0.25, 0.3) is 0 Å². The predicted octanol–water partition coefficient (Wildman–Crippen LogP) is 3.57. The molecule has 1 N–H and O–H groups in total. The SMILES string of the molecule is CNC(c1ccc2c(c1)C(C)(C)CO2)c1ccoc1C. The molecule has 106 valence electrons. The summed E-state index contributed by atoms with van der Waals surface area (Å²) in [6.45, 7) is 7.20. The summed E-state index contributed by atoms with van der Waals surface area (Å²) in [5, 5.41) is 3.38. The van der Waals surface area contributed by atoms with E-state index in [0.29, 0.717) is 0 Å². The van der Waals surface area contributed by atoms with Gasteiger partial charge in [-0.05, 0) is 37.7 Å². The van der Waals surface area contributed by atoms with Gasteiger partial charge in [-0.1, -0.05) is 19.9 Å². The number of ether oxygens (including phenoxy) is 1. The van der Waals surface area contributed by atoms with Crippen LogP contribution < -0.4 is 10.1 Å². The fraction of sp³-hybridized carbons (Fsp3) is 0.412. The highest BCUT2D eigenvalue weighted by Gasteiger charge is 2.32. The lowest BCUT2D eigenvalue weighted by Crippen LogP contribution is -2.20. The maximum atomic E-state index is 5.76. The molecule has 0 bridgehead atoms. The van der Waals surface area contributed by atoms with E-state index < -0.39 is 0 Å². The van der Waals surface area contributed by atoms with Crippen LogP contribution in [-0.2, 0) is 5.41 Å². The van der Waals surface area contributed by atoms with Crippen molar-refractivity contribution in [3.05, 3.63) is 53.0 Å². The van der Waals surface area contributed by atoms with E-state index >= 15 is 0 Å². The number of nitrogens with one attached hydrogen (secondary N) is 1. The van der Waals surface area contributed by atoms with Gasteiger partial charge in [0.25, 0.3) is 0 Å². The van der Waals surface area contributed by atoms with E-state index in [2.05, 4.69) is 37.4 Å². The van der Waals surface area contributed by atoms with Gasteiger partial charge in [0.2, 0.25) is 0 Å². The molecule has 0 spiro atoms. The molecule has 0 saturated heterocycles. The molecule has 1 aromatic heterocycles. The zero-order chi connectivity index (χ0) is 14.3. The van der Waals surface area contributed by atoms with Crippen molar-refractivity contribution in [3.63, 3.8) is 0 Å². The average molecular weight is 271 g/mol. The van der Waals surface area contributed by atoms with Gasteiger partial charge < -0.3 is 14.5 Å². The van der Waals surface area contributed by atoms with Gasteiger partial charge in [0.1, 0.15) is 11.5 Å². The van der Waals surface area contributed by atoms with Crippen LogP contribution in [0.1, 0.15) is 42.3 Å². The maximum Gasteiger partial charge on any atom is 0.123 e. The first-order valence-corrected chi connectivity index (χ1v) is 7.01. The number of rotatable bonds is 3. The van der Waals surface area contributed by atoms with Crippen LogP contribution in [-0.4, -0.2) is 13.7 Å². The molecule has 3 heteroatoms. The molecular formula is C17H21NO2. The van der Waals surface area contributed by atoms with Gasteiger partial charge in [-0.3, -0.25) is 0 Å². The van der Waals surface area contributed by atoms with Gasteiger partial charge in [0.05, 0.1) is 18.9 Å². The Morgan fingerprint density at radius 2 is 2.05 bits per heavy atom. The quantitative estimate of drug-likeness (QED) is 0.926. The summed E-state index contributed by atoms with van der Waals surface area (Å²) >= 11 is 0. The van der Waals surface area contributed by atoms with Crippen molar-refractivity contribution in [2.45, 2.75) is 32.2 Å². The summed E-state index contributed by atoms with van der Waals surface area (Å²) < 4.78 is 11.2. The fourth-order valence-electron chi connectivity index (χ4n) is 2.91. The van der Waals surface area contributed by atoms with Crippen LogP contribution in [0.2, 0.25) is 0 Å². The minimum Gasteiger partial charge on any atom is -0.492 e. The van der Waals surface area contributed by atoms with Gasteiger partial charge in [0, 0.05) is 16.5 Å². The predicted molar refractivity (Wildman–Crippen MR) is 79.3 cm³/mol. The third kappa shape index (κ3) is 2.02. The molecular weight excluding hydrogens is 250 g/mol. The van der Waals surface area contributed by atoms with Crippen LogP contribution in [0.3, 0.4) is 0 Å². The fourth-order valence-corrected chi connectivity index (χ4v) is 2.91. The summed E-state index contributed by atoms with van der Waals surface area (Å²) in [7, 11) is 1.98. The van der Waals surface area contributed by atoms with E-state index in [1.807, 2.05) is 20.0 Å². The van der Waals surface area contributed by atoms with Crippen LogP contribution in [0, 0.1) is 6.92 Å². The van der Waals surface area contributed by atoms with Crippen molar-refractivity contribution in [3.8, 4) is 5.75 Å². The third-order valence-corrected chi connectivity index (χ3v) is 4.15. The molecule has 1 aliphatic heterocycles. The Hall–Kier alpha value is -1.74. The monoisotopic (exact) mass is 271 g/mol. The van der Waals surface area contributed by atoms with E-state index in [1.165, 1.54) is 16.7 Å². The molecule has 0 radical (unpaired) electrons. The topological polar surface area (TPSA) is 34.4 Å². The van der Waals surface area contributed by atoms with Crippen molar-refractivity contribution in [1.82, 2.24) is 5.32 Å². The molecule has 3 rings (SSSR count). The molecule has 3 nitrogen and oxygen atoms in total. The molecule has 1 unspecified atom stereocenters.